The molecule has 1 atom stereocenters. The maximum atomic E-state index is 13.4. The summed E-state index contributed by atoms with van der Waals surface area (Å²) < 4.78 is 41.2. The van der Waals surface area contributed by atoms with Crippen LogP contribution >= 0.6 is 11.3 Å². The Morgan fingerprint density at radius 1 is 1.09 bits per heavy atom. The predicted octanol–water partition coefficient (Wildman–Crippen LogP) is 4.75. The second-order valence-electron chi connectivity index (χ2n) is 8.95. The number of amides is 1. The first-order valence-corrected chi connectivity index (χ1v) is 12.8. The number of anilines is 1. The number of sulfonamides is 1. The van der Waals surface area contributed by atoms with Crippen LogP contribution in [-0.2, 0) is 15.4 Å². The topological polar surface area (TPSA) is 92.3 Å². The molecule has 0 spiro atoms. The Morgan fingerprint density at radius 3 is 2.39 bits per heavy atom. The number of hydrogen-bond donors (Lipinski definition) is 1. The second-order valence-corrected chi connectivity index (χ2v) is 11.9. The average Bonchev–Trinajstić information content (AvgIpc) is 3.45. The fourth-order valence-corrected chi connectivity index (χ4v) is 6.33. The monoisotopic (exact) mass is 488 g/mol. The normalized spacial score (nSPS) is 17.3. The first-order valence-electron chi connectivity index (χ1n) is 10.6. The highest BCUT2D eigenvalue weighted by Crippen LogP contribution is 2.38. The van der Waals surface area contributed by atoms with Gasteiger partial charge in [-0.1, -0.05) is 44.2 Å². The van der Waals surface area contributed by atoms with E-state index in [1.54, 1.807) is 12.1 Å². The lowest BCUT2D eigenvalue weighted by Crippen LogP contribution is -2.30. The summed E-state index contributed by atoms with van der Waals surface area (Å²) in [6.07, 6.45) is 1.30. The molecular formula is C23H25FN4O3S2. The zero-order chi connectivity index (χ0) is 23.8. The lowest BCUT2D eigenvalue weighted by molar-refractivity contribution is 0.102. The van der Waals surface area contributed by atoms with Crippen LogP contribution in [0.5, 0.6) is 0 Å². The number of aromatic nitrogens is 2. The van der Waals surface area contributed by atoms with Gasteiger partial charge in [-0.05, 0) is 60.2 Å². The molecule has 7 nitrogen and oxygen atoms in total. The predicted molar refractivity (Wildman–Crippen MR) is 125 cm³/mol. The molecule has 1 aromatic heterocycles. The highest BCUT2D eigenvalue weighted by atomic mass is 32.2. The van der Waals surface area contributed by atoms with Crippen molar-refractivity contribution in [2.75, 3.05) is 11.9 Å². The Morgan fingerprint density at radius 2 is 1.76 bits per heavy atom. The average molecular weight is 489 g/mol. The Labute approximate surface area is 196 Å². The first kappa shape index (κ1) is 23.5. The van der Waals surface area contributed by atoms with E-state index in [0.717, 1.165) is 16.9 Å². The summed E-state index contributed by atoms with van der Waals surface area (Å²) in [5.74, 6) is -0.877. The maximum absolute atomic E-state index is 13.4. The zero-order valence-corrected chi connectivity index (χ0v) is 20.2. The number of rotatable bonds is 5. The molecule has 0 aliphatic carbocycles. The quantitative estimate of drug-likeness (QED) is 0.559. The van der Waals surface area contributed by atoms with Crippen molar-refractivity contribution in [2.24, 2.45) is 0 Å². The van der Waals surface area contributed by atoms with Gasteiger partial charge in [0, 0.05) is 12.2 Å². The Hall–Kier alpha value is -2.69. The zero-order valence-electron chi connectivity index (χ0n) is 18.6. The summed E-state index contributed by atoms with van der Waals surface area (Å²) in [5, 5.41) is 11.3. The van der Waals surface area contributed by atoms with Gasteiger partial charge < -0.3 is 5.32 Å². The Kier molecular flexibility index (Phi) is 6.35. The van der Waals surface area contributed by atoms with Gasteiger partial charge in [0.15, 0.2) is 0 Å². The number of carbonyl (C=O) groups is 1. The molecule has 0 bridgehead atoms. The SMILES string of the molecule is CC(C)(C)c1ccc(S(=O)(=O)N2CCC[C@@H]2c2nnc(C(=O)Nc3ccc(F)cc3)s2)cc1. The summed E-state index contributed by atoms with van der Waals surface area (Å²) >= 11 is 1.07. The van der Waals surface area contributed by atoms with Gasteiger partial charge in [0.1, 0.15) is 10.8 Å². The third-order valence-corrected chi connectivity index (χ3v) is 8.50. The van der Waals surface area contributed by atoms with E-state index < -0.39 is 27.8 Å². The summed E-state index contributed by atoms with van der Waals surface area (Å²) in [6.45, 7) is 6.61. The van der Waals surface area contributed by atoms with Crippen LogP contribution in [0.2, 0.25) is 0 Å². The molecule has 1 amide bonds. The molecule has 174 valence electrons. The van der Waals surface area contributed by atoms with Crippen LogP contribution < -0.4 is 5.32 Å². The molecule has 0 radical (unpaired) electrons. The smallest absolute Gasteiger partial charge is 0.286 e. The van der Waals surface area contributed by atoms with E-state index in [4.69, 9.17) is 0 Å². The van der Waals surface area contributed by atoms with Gasteiger partial charge in [0.05, 0.1) is 10.9 Å². The molecule has 0 saturated carbocycles. The first-order chi connectivity index (χ1) is 15.6. The molecule has 33 heavy (non-hydrogen) atoms. The third kappa shape index (κ3) is 4.97. The van der Waals surface area contributed by atoms with Gasteiger partial charge >= 0.3 is 0 Å². The fraction of sp³-hybridized carbons (Fsp3) is 0.348. The van der Waals surface area contributed by atoms with E-state index in [1.807, 2.05) is 12.1 Å². The molecule has 10 heteroatoms. The molecule has 0 unspecified atom stereocenters. The molecular weight excluding hydrogens is 463 g/mol. The minimum atomic E-state index is -3.73. The number of nitrogens with zero attached hydrogens (tertiary/aromatic N) is 3. The molecule has 2 heterocycles. The van der Waals surface area contributed by atoms with Gasteiger partial charge in [0.25, 0.3) is 5.91 Å². The summed E-state index contributed by atoms with van der Waals surface area (Å²) in [4.78, 5) is 12.7. The highest BCUT2D eigenvalue weighted by Gasteiger charge is 2.38. The van der Waals surface area contributed by atoms with Gasteiger partial charge in [-0.15, -0.1) is 10.2 Å². The Balaban J connectivity index is 1.53. The van der Waals surface area contributed by atoms with E-state index in [-0.39, 0.29) is 15.3 Å². The summed E-state index contributed by atoms with van der Waals surface area (Å²) in [6, 6.07) is 11.9. The summed E-state index contributed by atoms with van der Waals surface area (Å²) in [5.41, 5.74) is 1.41. The number of halogens is 1. The molecule has 4 rings (SSSR count). The van der Waals surface area contributed by atoms with E-state index in [0.29, 0.717) is 30.1 Å². The van der Waals surface area contributed by atoms with E-state index >= 15 is 0 Å². The summed E-state index contributed by atoms with van der Waals surface area (Å²) in [7, 11) is -3.73. The van der Waals surface area contributed by atoms with Crippen LogP contribution in [0.3, 0.4) is 0 Å². The molecule has 1 N–H and O–H groups in total. The van der Waals surface area contributed by atoms with Crippen LogP contribution in [0, 0.1) is 5.82 Å². The van der Waals surface area contributed by atoms with Crippen molar-refractivity contribution >= 4 is 33.0 Å². The standard InChI is InChI=1S/C23H25FN4O3S2/c1-23(2,3)15-6-12-18(13-7-15)33(30,31)28-14-4-5-19(28)21-26-27-22(32-21)20(29)25-17-10-8-16(24)9-11-17/h6-13,19H,4-5,14H2,1-3H3,(H,25,29)/t19-/m1/s1. The fourth-order valence-electron chi connectivity index (χ4n) is 3.72. The lowest BCUT2D eigenvalue weighted by atomic mass is 9.87. The van der Waals surface area contributed by atoms with Gasteiger partial charge in [0.2, 0.25) is 15.0 Å². The van der Waals surface area contributed by atoms with Crippen LogP contribution in [0.4, 0.5) is 10.1 Å². The van der Waals surface area contributed by atoms with Crippen LogP contribution in [0.25, 0.3) is 0 Å². The second kappa shape index (κ2) is 8.92. The number of benzene rings is 2. The minimum absolute atomic E-state index is 0.0735. The van der Waals surface area contributed by atoms with Gasteiger partial charge in [-0.3, -0.25) is 4.79 Å². The molecule has 3 aromatic rings. The molecule has 1 saturated heterocycles. The van der Waals surface area contributed by atoms with Crippen molar-refractivity contribution in [1.29, 1.82) is 0 Å². The number of nitrogens with one attached hydrogen (secondary N) is 1. The molecule has 1 fully saturated rings. The van der Waals surface area contributed by atoms with Crippen molar-refractivity contribution in [3.05, 3.63) is 69.9 Å². The maximum Gasteiger partial charge on any atom is 0.286 e. The number of carbonyl (C=O) groups excluding carboxylic acids is 1. The lowest BCUT2D eigenvalue weighted by Gasteiger charge is -2.23. The highest BCUT2D eigenvalue weighted by molar-refractivity contribution is 7.89. The van der Waals surface area contributed by atoms with Gasteiger partial charge in [-0.2, -0.15) is 4.31 Å². The third-order valence-electron chi connectivity index (χ3n) is 5.55. The van der Waals surface area contributed by atoms with Gasteiger partial charge in [-0.25, -0.2) is 12.8 Å². The van der Waals surface area contributed by atoms with Crippen molar-refractivity contribution in [1.82, 2.24) is 14.5 Å². The van der Waals surface area contributed by atoms with Crippen molar-refractivity contribution < 1.29 is 17.6 Å². The molecule has 1 aliphatic rings. The van der Waals surface area contributed by atoms with Crippen LogP contribution in [-0.4, -0.2) is 35.4 Å². The van der Waals surface area contributed by atoms with Crippen molar-refractivity contribution in [3.63, 3.8) is 0 Å². The van der Waals surface area contributed by atoms with Crippen LogP contribution in [0.15, 0.2) is 53.4 Å². The molecule has 2 aromatic carbocycles. The minimum Gasteiger partial charge on any atom is -0.320 e. The van der Waals surface area contributed by atoms with E-state index in [2.05, 4.69) is 36.3 Å². The van der Waals surface area contributed by atoms with E-state index in [1.165, 1.54) is 28.6 Å². The largest absolute Gasteiger partial charge is 0.320 e. The van der Waals surface area contributed by atoms with E-state index in [9.17, 15) is 17.6 Å². The van der Waals surface area contributed by atoms with Crippen molar-refractivity contribution in [3.8, 4) is 0 Å². The van der Waals surface area contributed by atoms with Crippen LogP contribution in [0.1, 0.15) is 60.0 Å². The molecule has 1 aliphatic heterocycles. The Bertz CT molecular complexity index is 1250. The number of hydrogen-bond acceptors (Lipinski definition) is 6. The van der Waals surface area contributed by atoms with Crippen molar-refractivity contribution in [2.45, 2.75) is 50.0 Å².